The highest BCUT2D eigenvalue weighted by atomic mass is 16.3. The Morgan fingerprint density at radius 2 is 1.95 bits per heavy atom. The van der Waals surface area contributed by atoms with Crippen LogP contribution in [-0.4, -0.2) is 5.91 Å². The number of benzene rings is 1. The van der Waals surface area contributed by atoms with Crippen LogP contribution >= 0.6 is 0 Å². The Morgan fingerprint density at radius 3 is 2.55 bits per heavy atom. The number of aryl methyl sites for hydroxylation is 2. The molecule has 106 valence electrons. The largest absolute Gasteiger partial charge is 0.464 e. The van der Waals surface area contributed by atoms with Crippen molar-refractivity contribution in [3.8, 4) is 0 Å². The maximum Gasteiger partial charge on any atom is 0.221 e. The zero-order valence-corrected chi connectivity index (χ0v) is 12.1. The number of carbonyl (C=O) groups is 1. The highest BCUT2D eigenvalue weighted by Gasteiger charge is 2.03. The monoisotopic (exact) mass is 272 g/mol. The lowest BCUT2D eigenvalue weighted by molar-refractivity contribution is -0.114. The maximum atomic E-state index is 11.1. The number of nitrogens with one attached hydrogen (secondary N) is 2. The van der Waals surface area contributed by atoms with E-state index in [0.29, 0.717) is 6.54 Å². The van der Waals surface area contributed by atoms with Gasteiger partial charge in [0.2, 0.25) is 5.91 Å². The Hall–Kier alpha value is -2.23. The number of hydrogen-bond acceptors (Lipinski definition) is 3. The minimum atomic E-state index is -0.0588. The molecule has 4 nitrogen and oxygen atoms in total. The number of rotatable bonds is 5. The molecule has 0 radical (unpaired) electrons. The molecule has 0 fully saturated rings. The number of hydrogen-bond donors (Lipinski definition) is 2. The Balaban J connectivity index is 1.99. The van der Waals surface area contributed by atoms with Gasteiger partial charge in [-0.2, -0.15) is 0 Å². The minimum Gasteiger partial charge on any atom is -0.464 e. The van der Waals surface area contributed by atoms with Crippen molar-refractivity contribution >= 4 is 17.3 Å². The molecule has 2 aromatic rings. The zero-order valence-electron chi connectivity index (χ0n) is 12.1. The van der Waals surface area contributed by atoms with Crippen LogP contribution < -0.4 is 10.6 Å². The second kappa shape index (κ2) is 6.28. The van der Waals surface area contributed by atoms with Gasteiger partial charge in [0.05, 0.1) is 6.54 Å². The topological polar surface area (TPSA) is 54.3 Å². The first-order chi connectivity index (χ1) is 9.58. The van der Waals surface area contributed by atoms with Crippen LogP contribution in [0.25, 0.3) is 0 Å². The predicted molar refractivity (Wildman–Crippen MR) is 80.9 cm³/mol. The predicted octanol–water partition coefficient (Wildman–Crippen LogP) is 3.72. The van der Waals surface area contributed by atoms with Crippen molar-refractivity contribution in [1.29, 1.82) is 0 Å². The summed E-state index contributed by atoms with van der Waals surface area (Å²) in [5, 5.41) is 6.11. The lowest BCUT2D eigenvalue weighted by atomic mass is 10.1. The Labute approximate surface area is 119 Å². The van der Waals surface area contributed by atoms with E-state index < -0.39 is 0 Å². The highest BCUT2D eigenvalue weighted by molar-refractivity contribution is 5.89. The molecule has 0 saturated carbocycles. The number of anilines is 2. The molecule has 1 aromatic heterocycles. The lowest BCUT2D eigenvalue weighted by Gasteiger charge is -2.10. The second-order valence-corrected chi connectivity index (χ2v) is 4.79. The van der Waals surface area contributed by atoms with Crippen LogP contribution in [0.5, 0.6) is 0 Å². The van der Waals surface area contributed by atoms with E-state index in [9.17, 15) is 4.79 Å². The van der Waals surface area contributed by atoms with Crippen LogP contribution in [0.4, 0.5) is 11.4 Å². The summed E-state index contributed by atoms with van der Waals surface area (Å²) in [7, 11) is 0. The van der Waals surface area contributed by atoms with Crippen molar-refractivity contribution in [3.63, 3.8) is 0 Å². The maximum absolute atomic E-state index is 11.1. The second-order valence-electron chi connectivity index (χ2n) is 4.79. The van der Waals surface area contributed by atoms with Gasteiger partial charge in [0.15, 0.2) is 0 Å². The van der Waals surface area contributed by atoms with Crippen LogP contribution in [0.2, 0.25) is 0 Å². The molecule has 0 spiro atoms. The molecule has 1 heterocycles. The molecule has 0 aliphatic rings. The molecule has 4 heteroatoms. The third-order valence-electron chi connectivity index (χ3n) is 3.07. The van der Waals surface area contributed by atoms with E-state index >= 15 is 0 Å². The number of furan rings is 1. The molecule has 1 aromatic carbocycles. The van der Waals surface area contributed by atoms with E-state index in [2.05, 4.69) is 17.6 Å². The summed E-state index contributed by atoms with van der Waals surface area (Å²) in [6.45, 7) is 6.20. The van der Waals surface area contributed by atoms with Crippen molar-refractivity contribution in [2.24, 2.45) is 0 Å². The smallest absolute Gasteiger partial charge is 0.221 e. The van der Waals surface area contributed by atoms with Gasteiger partial charge >= 0.3 is 0 Å². The van der Waals surface area contributed by atoms with E-state index in [4.69, 9.17) is 4.42 Å². The normalized spacial score (nSPS) is 10.3. The molecule has 0 bridgehead atoms. The van der Waals surface area contributed by atoms with Crippen LogP contribution in [0.3, 0.4) is 0 Å². The van der Waals surface area contributed by atoms with Gasteiger partial charge in [0.25, 0.3) is 0 Å². The molecule has 2 rings (SSSR count). The fourth-order valence-electron chi connectivity index (χ4n) is 2.00. The first-order valence-corrected chi connectivity index (χ1v) is 6.78. The van der Waals surface area contributed by atoms with E-state index in [1.807, 2.05) is 37.3 Å². The van der Waals surface area contributed by atoms with Crippen molar-refractivity contribution < 1.29 is 9.21 Å². The van der Waals surface area contributed by atoms with Gasteiger partial charge in [0, 0.05) is 24.7 Å². The summed E-state index contributed by atoms with van der Waals surface area (Å²) >= 11 is 0. The SMILES string of the molecule is CCc1ccc(CNc2ccc(NC(C)=O)c(C)c2)o1. The molecule has 20 heavy (non-hydrogen) atoms. The number of carbonyl (C=O) groups excluding carboxylic acids is 1. The molecule has 0 aliphatic carbocycles. The van der Waals surface area contributed by atoms with E-state index in [1.54, 1.807) is 0 Å². The molecular weight excluding hydrogens is 252 g/mol. The average Bonchev–Trinajstić information content (AvgIpc) is 2.87. The van der Waals surface area contributed by atoms with Gasteiger partial charge in [-0.1, -0.05) is 6.92 Å². The van der Waals surface area contributed by atoms with Gasteiger partial charge in [-0.3, -0.25) is 4.79 Å². The summed E-state index contributed by atoms with van der Waals surface area (Å²) in [6, 6.07) is 9.85. The van der Waals surface area contributed by atoms with E-state index in [-0.39, 0.29) is 5.91 Å². The van der Waals surface area contributed by atoms with Crippen molar-refractivity contribution in [3.05, 3.63) is 47.4 Å². The molecular formula is C16H20N2O2. The van der Waals surface area contributed by atoms with Crippen LogP contribution in [0, 0.1) is 6.92 Å². The van der Waals surface area contributed by atoms with Crippen LogP contribution in [-0.2, 0) is 17.8 Å². The first kappa shape index (κ1) is 14.2. The van der Waals surface area contributed by atoms with Gasteiger partial charge in [-0.15, -0.1) is 0 Å². The van der Waals surface area contributed by atoms with Gasteiger partial charge < -0.3 is 15.1 Å². The molecule has 2 N–H and O–H groups in total. The van der Waals surface area contributed by atoms with Crippen molar-refractivity contribution in [2.75, 3.05) is 10.6 Å². The fraction of sp³-hybridized carbons (Fsp3) is 0.312. The van der Waals surface area contributed by atoms with Gasteiger partial charge in [0.1, 0.15) is 11.5 Å². The summed E-state index contributed by atoms with van der Waals surface area (Å²) in [5.74, 6) is 1.86. The van der Waals surface area contributed by atoms with Gasteiger partial charge in [-0.05, 0) is 42.8 Å². The summed E-state index contributed by atoms with van der Waals surface area (Å²) in [5.41, 5.74) is 2.87. The minimum absolute atomic E-state index is 0.0588. The first-order valence-electron chi connectivity index (χ1n) is 6.78. The van der Waals surface area contributed by atoms with E-state index in [1.165, 1.54) is 6.92 Å². The lowest BCUT2D eigenvalue weighted by Crippen LogP contribution is -2.07. The summed E-state index contributed by atoms with van der Waals surface area (Å²) < 4.78 is 5.64. The Bertz CT molecular complexity index is 602. The molecule has 0 saturated heterocycles. The highest BCUT2D eigenvalue weighted by Crippen LogP contribution is 2.20. The molecule has 0 aliphatic heterocycles. The quantitative estimate of drug-likeness (QED) is 0.872. The number of amides is 1. The average molecular weight is 272 g/mol. The molecule has 0 atom stereocenters. The van der Waals surface area contributed by atoms with Crippen LogP contribution in [0.15, 0.2) is 34.7 Å². The van der Waals surface area contributed by atoms with Gasteiger partial charge in [-0.25, -0.2) is 0 Å². The molecule has 1 amide bonds. The van der Waals surface area contributed by atoms with Crippen molar-refractivity contribution in [2.45, 2.75) is 33.7 Å². The fourth-order valence-corrected chi connectivity index (χ4v) is 2.00. The van der Waals surface area contributed by atoms with Crippen molar-refractivity contribution in [1.82, 2.24) is 0 Å². The third-order valence-corrected chi connectivity index (χ3v) is 3.07. The Morgan fingerprint density at radius 1 is 1.20 bits per heavy atom. The van der Waals surface area contributed by atoms with E-state index in [0.717, 1.165) is 34.9 Å². The summed E-state index contributed by atoms with van der Waals surface area (Å²) in [4.78, 5) is 11.1. The Kier molecular flexibility index (Phi) is 4.45. The third kappa shape index (κ3) is 3.63. The zero-order chi connectivity index (χ0) is 14.5. The standard InChI is InChI=1S/C16H20N2O2/c1-4-14-6-7-15(20-14)10-17-13-5-8-16(11(2)9-13)18-12(3)19/h5-9,17H,4,10H2,1-3H3,(H,18,19). The summed E-state index contributed by atoms with van der Waals surface area (Å²) in [6.07, 6.45) is 0.907. The van der Waals surface area contributed by atoms with Crippen LogP contribution in [0.1, 0.15) is 30.9 Å². The molecule has 0 unspecified atom stereocenters.